The number of benzene rings is 1. The highest BCUT2D eigenvalue weighted by atomic mass is 16.6. The average Bonchev–Trinajstić information content (AvgIpc) is 2.05. The Morgan fingerprint density at radius 1 is 1.20 bits per heavy atom. The first-order valence-electron chi connectivity index (χ1n) is 3.09. The van der Waals surface area contributed by atoms with Crippen molar-refractivity contribution in [3.8, 4) is 0 Å². The second kappa shape index (κ2) is 2.06. The standard InChI is InChI=1S/C8H6NO/c1-2-4-8-7(3-1)5-6-10-9-8/h1-6H. The van der Waals surface area contributed by atoms with Gasteiger partial charge >= 0.3 is 0 Å². The van der Waals surface area contributed by atoms with Crippen molar-refractivity contribution in [3.05, 3.63) is 36.1 Å². The van der Waals surface area contributed by atoms with Crippen LogP contribution in [-0.4, -0.2) is 0 Å². The largest absolute Gasteiger partial charge is 0.364 e. The van der Waals surface area contributed by atoms with Gasteiger partial charge in [-0.1, -0.05) is 23.7 Å². The molecule has 0 unspecified atom stereocenters. The smallest absolute Gasteiger partial charge is 0.122 e. The van der Waals surface area contributed by atoms with Gasteiger partial charge in [-0.05, 0) is 12.1 Å². The monoisotopic (exact) mass is 132 g/mol. The minimum Gasteiger partial charge on any atom is -0.364 e. The fourth-order valence-electron chi connectivity index (χ4n) is 0.903. The number of nitrogens with zero attached hydrogens (tertiary/aromatic N) is 1. The first-order valence-corrected chi connectivity index (χ1v) is 3.09. The maximum absolute atomic E-state index is 4.74. The van der Waals surface area contributed by atoms with Crippen LogP contribution >= 0.6 is 0 Å². The molecule has 1 aliphatic rings. The average molecular weight is 132 g/mol. The maximum Gasteiger partial charge on any atom is 0.122 e. The van der Waals surface area contributed by atoms with Gasteiger partial charge in [0.25, 0.3) is 0 Å². The first kappa shape index (κ1) is 5.35. The highest BCUT2D eigenvalue weighted by Crippen LogP contribution is 2.19. The fourth-order valence-corrected chi connectivity index (χ4v) is 0.903. The molecular formula is C8H6NO. The summed E-state index contributed by atoms with van der Waals surface area (Å²) in [6, 6.07) is 7.82. The van der Waals surface area contributed by atoms with E-state index in [1.807, 2.05) is 30.3 Å². The Morgan fingerprint density at radius 2 is 2.10 bits per heavy atom. The van der Waals surface area contributed by atoms with Gasteiger partial charge in [0.05, 0.1) is 0 Å². The van der Waals surface area contributed by atoms with Gasteiger partial charge in [-0.2, -0.15) is 0 Å². The second-order valence-electron chi connectivity index (χ2n) is 2.06. The molecule has 0 fully saturated rings. The number of fused-ring (bicyclic) bond motifs is 1. The van der Waals surface area contributed by atoms with Crippen LogP contribution in [-0.2, 0) is 4.84 Å². The Bertz CT molecular complexity index is 268. The molecule has 2 heteroatoms. The highest BCUT2D eigenvalue weighted by molar-refractivity contribution is 5.63. The number of hydrogen-bond donors (Lipinski definition) is 0. The fraction of sp³-hybridized carbons (Fsp3) is 0. The lowest BCUT2D eigenvalue weighted by Crippen LogP contribution is -1.99. The molecule has 0 amide bonds. The molecule has 1 radical (unpaired) electrons. The van der Waals surface area contributed by atoms with Gasteiger partial charge in [-0.15, -0.1) is 0 Å². The molecule has 49 valence electrons. The van der Waals surface area contributed by atoms with E-state index in [1.54, 1.807) is 6.26 Å². The van der Waals surface area contributed by atoms with E-state index in [1.165, 1.54) is 0 Å². The summed E-state index contributed by atoms with van der Waals surface area (Å²) in [6.07, 6.45) is 3.46. The Kier molecular flexibility index (Phi) is 1.10. The molecule has 0 atom stereocenters. The number of rotatable bonds is 0. The van der Waals surface area contributed by atoms with Gasteiger partial charge < -0.3 is 4.84 Å². The van der Waals surface area contributed by atoms with E-state index < -0.39 is 0 Å². The summed E-state index contributed by atoms with van der Waals surface area (Å²) >= 11 is 0. The van der Waals surface area contributed by atoms with E-state index >= 15 is 0 Å². The van der Waals surface area contributed by atoms with Crippen LogP contribution < -0.4 is 5.48 Å². The van der Waals surface area contributed by atoms with E-state index in [0.717, 1.165) is 11.3 Å². The van der Waals surface area contributed by atoms with E-state index in [9.17, 15) is 0 Å². The van der Waals surface area contributed by atoms with Gasteiger partial charge in [-0.3, -0.25) is 0 Å². The molecule has 2 nitrogen and oxygen atoms in total. The van der Waals surface area contributed by atoms with Crippen LogP contribution in [0.2, 0.25) is 0 Å². The Morgan fingerprint density at radius 3 is 3.00 bits per heavy atom. The third kappa shape index (κ3) is 0.739. The molecule has 0 N–H and O–H groups in total. The van der Waals surface area contributed by atoms with Crippen LogP contribution in [0.3, 0.4) is 0 Å². The Hall–Kier alpha value is -1.44. The summed E-state index contributed by atoms with van der Waals surface area (Å²) in [7, 11) is 0. The highest BCUT2D eigenvalue weighted by Gasteiger charge is 2.02. The molecule has 0 bridgehead atoms. The molecule has 0 aliphatic carbocycles. The summed E-state index contributed by atoms with van der Waals surface area (Å²) in [6.45, 7) is 0. The van der Waals surface area contributed by atoms with Gasteiger partial charge in [-0.25, -0.2) is 0 Å². The summed E-state index contributed by atoms with van der Waals surface area (Å²) in [5.41, 5.74) is 5.81. The van der Waals surface area contributed by atoms with E-state index in [0.29, 0.717) is 0 Å². The predicted molar refractivity (Wildman–Crippen MR) is 38.4 cm³/mol. The van der Waals surface area contributed by atoms with Crippen molar-refractivity contribution in [1.82, 2.24) is 5.48 Å². The van der Waals surface area contributed by atoms with Gasteiger partial charge in [0.15, 0.2) is 0 Å². The summed E-state index contributed by atoms with van der Waals surface area (Å²) in [5, 5.41) is 0. The van der Waals surface area contributed by atoms with Crippen LogP contribution in [0.1, 0.15) is 5.56 Å². The lowest BCUT2D eigenvalue weighted by Gasteiger charge is -2.07. The lowest BCUT2D eigenvalue weighted by molar-refractivity contribution is 0.171. The van der Waals surface area contributed by atoms with Gasteiger partial charge in [0.1, 0.15) is 11.9 Å². The molecule has 0 aromatic heterocycles. The molecule has 0 saturated heterocycles. The van der Waals surface area contributed by atoms with Crippen molar-refractivity contribution in [1.29, 1.82) is 0 Å². The predicted octanol–water partition coefficient (Wildman–Crippen LogP) is 1.84. The van der Waals surface area contributed by atoms with Crippen LogP contribution in [0.25, 0.3) is 6.08 Å². The minimum absolute atomic E-state index is 0.894. The van der Waals surface area contributed by atoms with Crippen molar-refractivity contribution in [2.24, 2.45) is 0 Å². The third-order valence-electron chi connectivity index (χ3n) is 1.40. The zero-order valence-electron chi connectivity index (χ0n) is 5.32. The van der Waals surface area contributed by atoms with Crippen molar-refractivity contribution >= 4 is 11.8 Å². The molecule has 2 rings (SSSR count). The molecule has 1 aromatic rings. The van der Waals surface area contributed by atoms with Crippen LogP contribution in [0.4, 0.5) is 5.69 Å². The molecule has 1 aliphatic heterocycles. The molecule has 1 aromatic carbocycles. The lowest BCUT2D eigenvalue weighted by atomic mass is 10.2. The van der Waals surface area contributed by atoms with Crippen LogP contribution in [0.5, 0.6) is 0 Å². The van der Waals surface area contributed by atoms with Crippen molar-refractivity contribution in [2.75, 3.05) is 0 Å². The molecule has 0 spiro atoms. The molecular weight excluding hydrogens is 126 g/mol. The zero-order valence-corrected chi connectivity index (χ0v) is 5.32. The Balaban J connectivity index is 2.54. The minimum atomic E-state index is 0.894. The molecule has 1 heterocycles. The topological polar surface area (TPSA) is 23.3 Å². The van der Waals surface area contributed by atoms with Gasteiger partial charge in [0, 0.05) is 5.56 Å². The SMILES string of the molecule is C1=Cc2ccccc2[N]O1. The normalized spacial score (nSPS) is 13.2. The summed E-state index contributed by atoms with van der Waals surface area (Å²) in [4.78, 5) is 4.74. The van der Waals surface area contributed by atoms with Crippen molar-refractivity contribution < 1.29 is 4.84 Å². The second-order valence-corrected chi connectivity index (χ2v) is 2.06. The Labute approximate surface area is 59.1 Å². The van der Waals surface area contributed by atoms with E-state index in [4.69, 9.17) is 4.84 Å². The summed E-state index contributed by atoms with van der Waals surface area (Å²) in [5.74, 6) is 0. The third-order valence-corrected chi connectivity index (χ3v) is 1.40. The number of hydrogen-bond acceptors (Lipinski definition) is 1. The molecule has 10 heavy (non-hydrogen) atoms. The van der Waals surface area contributed by atoms with Crippen LogP contribution in [0.15, 0.2) is 30.5 Å². The maximum atomic E-state index is 4.74. The molecule has 0 saturated carbocycles. The summed E-state index contributed by atoms with van der Waals surface area (Å²) < 4.78 is 0. The quantitative estimate of drug-likeness (QED) is 0.528. The first-order chi connectivity index (χ1) is 4.97. The zero-order chi connectivity index (χ0) is 6.81. The van der Waals surface area contributed by atoms with E-state index in [2.05, 4.69) is 5.48 Å². The van der Waals surface area contributed by atoms with Crippen molar-refractivity contribution in [3.63, 3.8) is 0 Å². The van der Waals surface area contributed by atoms with Crippen molar-refractivity contribution in [2.45, 2.75) is 0 Å². The van der Waals surface area contributed by atoms with Gasteiger partial charge in [0.2, 0.25) is 0 Å². The van der Waals surface area contributed by atoms with E-state index in [-0.39, 0.29) is 0 Å². The van der Waals surface area contributed by atoms with Crippen LogP contribution in [0, 0.1) is 0 Å².